The predicted molar refractivity (Wildman–Crippen MR) is 67.2 cm³/mol. The number of nitrogens with two attached hydrogens (primary N) is 1. The van der Waals surface area contributed by atoms with Crippen LogP contribution in [0.4, 0.5) is 5.69 Å². The van der Waals surface area contributed by atoms with Crippen LogP contribution in [0.25, 0.3) is 0 Å². The highest BCUT2D eigenvalue weighted by Crippen LogP contribution is 2.26. The maximum Gasteiger partial charge on any atom is 0.260 e. The Labute approximate surface area is 105 Å². The number of hydrogen-bond donors (Lipinski definition) is 1. The lowest BCUT2D eigenvalue weighted by atomic mass is 10.3. The number of nitrogens with zero attached hydrogens (tertiary/aromatic N) is 1. The fraction of sp³-hybridized carbons (Fsp3) is 0.417. The molecular weight excluding hydrogens is 240 g/mol. The Kier molecular flexibility index (Phi) is 3.74. The van der Waals surface area contributed by atoms with Crippen LogP contribution >= 0.6 is 11.6 Å². The highest BCUT2D eigenvalue weighted by Gasteiger charge is 2.18. The fourth-order valence-electron chi connectivity index (χ4n) is 1.83. The summed E-state index contributed by atoms with van der Waals surface area (Å²) in [5.41, 5.74) is 6.19. The third kappa shape index (κ3) is 3.03. The first kappa shape index (κ1) is 12.0. The third-order valence-electron chi connectivity index (χ3n) is 2.77. The van der Waals surface area contributed by atoms with Crippen LogP contribution in [0, 0.1) is 0 Å². The van der Waals surface area contributed by atoms with Gasteiger partial charge in [-0.15, -0.1) is 0 Å². The van der Waals surface area contributed by atoms with Crippen molar-refractivity contribution in [2.75, 3.05) is 25.4 Å². The van der Waals surface area contributed by atoms with Gasteiger partial charge in [0.2, 0.25) is 0 Å². The van der Waals surface area contributed by atoms with Gasteiger partial charge in [-0.2, -0.15) is 0 Å². The lowest BCUT2D eigenvalue weighted by Crippen LogP contribution is -2.32. The van der Waals surface area contributed by atoms with E-state index in [1.54, 1.807) is 23.1 Å². The first-order chi connectivity index (χ1) is 8.16. The maximum atomic E-state index is 11.7. The molecule has 1 aliphatic heterocycles. The van der Waals surface area contributed by atoms with Crippen LogP contribution in [0.1, 0.15) is 12.8 Å². The quantitative estimate of drug-likeness (QED) is 0.839. The van der Waals surface area contributed by atoms with Crippen molar-refractivity contribution in [3.63, 3.8) is 0 Å². The molecule has 1 saturated heterocycles. The molecule has 0 aromatic heterocycles. The van der Waals surface area contributed by atoms with Crippen LogP contribution in [0.5, 0.6) is 5.75 Å². The molecule has 1 amide bonds. The van der Waals surface area contributed by atoms with E-state index in [2.05, 4.69) is 0 Å². The largest absolute Gasteiger partial charge is 0.482 e. The average Bonchev–Trinajstić information content (AvgIpc) is 2.83. The number of nitrogen functional groups attached to an aromatic ring is 1. The Balaban J connectivity index is 1.92. The van der Waals surface area contributed by atoms with Gasteiger partial charge in [-0.25, -0.2) is 0 Å². The van der Waals surface area contributed by atoms with Crippen molar-refractivity contribution in [3.8, 4) is 5.75 Å². The van der Waals surface area contributed by atoms with Crippen molar-refractivity contribution in [1.82, 2.24) is 4.90 Å². The normalized spacial score (nSPS) is 15.0. The summed E-state index contributed by atoms with van der Waals surface area (Å²) in [6, 6.07) is 4.98. The minimum atomic E-state index is 0.000918. The molecule has 2 rings (SSSR count). The number of carbonyl (C=O) groups is 1. The average molecular weight is 255 g/mol. The molecule has 4 nitrogen and oxygen atoms in total. The summed E-state index contributed by atoms with van der Waals surface area (Å²) in [5, 5.41) is 0.466. The van der Waals surface area contributed by atoms with Gasteiger partial charge in [0.25, 0.3) is 5.91 Å². The Morgan fingerprint density at radius 3 is 2.82 bits per heavy atom. The lowest BCUT2D eigenvalue weighted by molar-refractivity contribution is -0.132. The van der Waals surface area contributed by atoms with E-state index < -0.39 is 0 Å². The van der Waals surface area contributed by atoms with Crippen LogP contribution in [0.2, 0.25) is 5.02 Å². The molecule has 0 bridgehead atoms. The van der Waals surface area contributed by atoms with Gasteiger partial charge in [0.1, 0.15) is 5.75 Å². The summed E-state index contributed by atoms with van der Waals surface area (Å²) in [7, 11) is 0. The number of likely N-dealkylation sites (tertiary alicyclic amines) is 1. The van der Waals surface area contributed by atoms with Crippen LogP contribution in [-0.4, -0.2) is 30.5 Å². The zero-order valence-corrected chi connectivity index (χ0v) is 10.2. The van der Waals surface area contributed by atoms with Crippen molar-refractivity contribution in [3.05, 3.63) is 23.2 Å². The van der Waals surface area contributed by atoms with Crippen LogP contribution < -0.4 is 10.5 Å². The fourth-order valence-corrected chi connectivity index (χ4v) is 2.00. The van der Waals surface area contributed by atoms with E-state index >= 15 is 0 Å². The standard InChI is InChI=1S/C12H15ClN2O2/c13-10-4-3-9(14)7-11(10)17-8-12(16)15-5-1-2-6-15/h3-4,7H,1-2,5-6,8,14H2. The summed E-state index contributed by atoms with van der Waals surface area (Å²) in [4.78, 5) is 13.5. The SMILES string of the molecule is Nc1ccc(Cl)c(OCC(=O)N2CCCC2)c1. The number of carbonyl (C=O) groups excluding carboxylic acids is 1. The Morgan fingerprint density at radius 2 is 2.12 bits per heavy atom. The van der Waals surface area contributed by atoms with Gasteiger partial charge in [0.15, 0.2) is 6.61 Å². The van der Waals surface area contributed by atoms with E-state index in [4.69, 9.17) is 22.1 Å². The molecule has 0 spiro atoms. The minimum absolute atomic E-state index is 0.000918. The molecule has 1 aromatic rings. The monoisotopic (exact) mass is 254 g/mol. The van der Waals surface area contributed by atoms with Gasteiger partial charge in [-0.3, -0.25) is 4.79 Å². The molecule has 0 saturated carbocycles. The first-order valence-electron chi connectivity index (χ1n) is 5.62. The Hall–Kier alpha value is -1.42. The van der Waals surface area contributed by atoms with Crippen molar-refractivity contribution in [2.24, 2.45) is 0 Å². The molecule has 0 atom stereocenters. The zero-order valence-electron chi connectivity index (χ0n) is 9.49. The number of halogens is 1. The van der Waals surface area contributed by atoms with E-state index in [9.17, 15) is 4.79 Å². The maximum absolute atomic E-state index is 11.7. The van der Waals surface area contributed by atoms with Gasteiger partial charge in [0.05, 0.1) is 5.02 Å². The van der Waals surface area contributed by atoms with Crippen molar-refractivity contribution < 1.29 is 9.53 Å². The highest BCUT2D eigenvalue weighted by atomic mass is 35.5. The number of ether oxygens (including phenoxy) is 1. The molecule has 17 heavy (non-hydrogen) atoms. The van der Waals surface area contributed by atoms with E-state index in [1.807, 2.05) is 0 Å². The van der Waals surface area contributed by atoms with Gasteiger partial charge < -0.3 is 15.4 Å². The number of anilines is 1. The molecule has 1 aromatic carbocycles. The predicted octanol–water partition coefficient (Wildman–Crippen LogP) is 1.92. The van der Waals surface area contributed by atoms with Crippen LogP contribution in [-0.2, 0) is 4.79 Å². The topological polar surface area (TPSA) is 55.6 Å². The minimum Gasteiger partial charge on any atom is -0.482 e. The summed E-state index contributed by atoms with van der Waals surface area (Å²) < 4.78 is 5.39. The molecule has 2 N–H and O–H groups in total. The Bertz CT molecular complexity index is 417. The molecule has 92 valence electrons. The van der Waals surface area contributed by atoms with Crippen molar-refractivity contribution in [1.29, 1.82) is 0 Å². The van der Waals surface area contributed by atoms with Gasteiger partial charge >= 0.3 is 0 Å². The molecule has 0 aliphatic carbocycles. The summed E-state index contributed by atoms with van der Waals surface area (Å²) in [6.45, 7) is 1.67. The highest BCUT2D eigenvalue weighted by molar-refractivity contribution is 6.32. The second-order valence-corrected chi connectivity index (χ2v) is 4.47. The van der Waals surface area contributed by atoms with E-state index in [1.165, 1.54) is 0 Å². The Morgan fingerprint density at radius 1 is 1.41 bits per heavy atom. The smallest absolute Gasteiger partial charge is 0.260 e. The number of rotatable bonds is 3. The van der Waals surface area contributed by atoms with Crippen molar-refractivity contribution >= 4 is 23.2 Å². The zero-order chi connectivity index (χ0) is 12.3. The molecule has 0 unspecified atom stereocenters. The number of amides is 1. The molecule has 5 heteroatoms. The summed E-state index contributed by atoms with van der Waals surface area (Å²) >= 11 is 5.93. The first-order valence-corrected chi connectivity index (χ1v) is 6.00. The van der Waals surface area contributed by atoms with E-state index in [-0.39, 0.29) is 12.5 Å². The van der Waals surface area contributed by atoms with Gasteiger partial charge in [-0.1, -0.05) is 11.6 Å². The molecule has 1 heterocycles. The van der Waals surface area contributed by atoms with Gasteiger partial charge in [0, 0.05) is 24.8 Å². The molecule has 1 aliphatic rings. The summed E-state index contributed by atoms with van der Waals surface area (Å²) in [6.07, 6.45) is 2.15. The van der Waals surface area contributed by atoms with Crippen LogP contribution in [0.3, 0.4) is 0 Å². The lowest BCUT2D eigenvalue weighted by Gasteiger charge is -2.16. The molecule has 0 radical (unpaired) electrons. The number of hydrogen-bond acceptors (Lipinski definition) is 3. The second-order valence-electron chi connectivity index (χ2n) is 4.07. The van der Waals surface area contributed by atoms with E-state index in [0.29, 0.717) is 16.5 Å². The molecule has 1 fully saturated rings. The van der Waals surface area contributed by atoms with E-state index in [0.717, 1.165) is 25.9 Å². The summed E-state index contributed by atoms with van der Waals surface area (Å²) in [5.74, 6) is 0.459. The molecular formula is C12H15ClN2O2. The second kappa shape index (κ2) is 5.27. The van der Waals surface area contributed by atoms with Crippen LogP contribution in [0.15, 0.2) is 18.2 Å². The number of benzene rings is 1. The third-order valence-corrected chi connectivity index (χ3v) is 3.08. The van der Waals surface area contributed by atoms with Crippen molar-refractivity contribution in [2.45, 2.75) is 12.8 Å². The van der Waals surface area contributed by atoms with Gasteiger partial charge in [-0.05, 0) is 25.0 Å².